The van der Waals surface area contributed by atoms with Crippen LogP contribution in [0.4, 0.5) is 0 Å². The van der Waals surface area contributed by atoms with Crippen LogP contribution in [0.2, 0.25) is 0 Å². The van der Waals surface area contributed by atoms with Crippen molar-refractivity contribution in [3.63, 3.8) is 0 Å². The Balaban J connectivity index is 2.24. The highest BCUT2D eigenvalue weighted by Gasteiger charge is 2.78. The number of ketones is 2. The summed E-state index contributed by atoms with van der Waals surface area (Å²) in [6.07, 6.45) is 6.29. The first kappa shape index (κ1) is 20.9. The molecule has 0 aromatic rings. The van der Waals surface area contributed by atoms with Crippen molar-refractivity contribution in [2.45, 2.75) is 50.9 Å². The highest BCUT2D eigenvalue weighted by Crippen LogP contribution is 2.64. The molecule has 3 saturated carbocycles. The molecular weight excluding hydrogens is 364 g/mol. The zero-order valence-electron chi connectivity index (χ0n) is 16.6. The van der Waals surface area contributed by atoms with E-state index in [4.69, 9.17) is 4.74 Å². The van der Waals surface area contributed by atoms with Gasteiger partial charge in [0, 0.05) is 11.5 Å². The van der Waals surface area contributed by atoms with Gasteiger partial charge in [-0.25, -0.2) is 0 Å². The van der Waals surface area contributed by atoms with Gasteiger partial charge in [-0.1, -0.05) is 18.2 Å². The SMILES string of the molecule is C/C=C/C=C/C(O)=C1/C(=O)[C@]2(C)C(=O)C(C)(O)[C@H]1[C@@]1(O)CO[C@](C)(CO)C[C@H]21. The lowest BCUT2D eigenvalue weighted by molar-refractivity contribution is -0.278. The topological polar surface area (TPSA) is 124 Å². The number of hydrogen-bond acceptors (Lipinski definition) is 7. The van der Waals surface area contributed by atoms with Gasteiger partial charge in [0.1, 0.15) is 17.0 Å². The number of rotatable bonds is 3. The van der Waals surface area contributed by atoms with Crippen molar-refractivity contribution in [1.29, 1.82) is 0 Å². The minimum Gasteiger partial charge on any atom is -0.508 e. The average molecular weight is 392 g/mol. The van der Waals surface area contributed by atoms with Crippen molar-refractivity contribution < 1.29 is 34.8 Å². The van der Waals surface area contributed by atoms with Gasteiger partial charge in [0.2, 0.25) is 0 Å². The van der Waals surface area contributed by atoms with Crippen LogP contribution in [0, 0.1) is 17.3 Å². The third-order valence-corrected chi connectivity index (χ3v) is 6.75. The smallest absolute Gasteiger partial charge is 0.178 e. The molecule has 4 rings (SSSR count). The van der Waals surface area contributed by atoms with E-state index in [0.717, 1.165) is 0 Å². The predicted octanol–water partition coefficient (Wildman–Crippen LogP) is 0.988. The van der Waals surface area contributed by atoms with E-state index >= 15 is 0 Å². The molecular formula is C21H28O7. The monoisotopic (exact) mass is 392 g/mol. The highest BCUT2D eigenvalue weighted by atomic mass is 16.5. The average Bonchev–Trinajstić information content (AvgIpc) is 2.64. The van der Waals surface area contributed by atoms with Gasteiger partial charge in [0.15, 0.2) is 11.6 Å². The molecule has 7 nitrogen and oxygen atoms in total. The first-order chi connectivity index (χ1) is 12.9. The zero-order chi connectivity index (χ0) is 21.1. The molecule has 1 aliphatic heterocycles. The number of hydrogen-bond donors (Lipinski definition) is 4. The Kier molecular flexibility index (Phi) is 4.75. The molecule has 0 aromatic heterocycles. The third-order valence-electron chi connectivity index (χ3n) is 6.75. The van der Waals surface area contributed by atoms with Crippen LogP contribution in [-0.4, -0.2) is 62.0 Å². The summed E-state index contributed by atoms with van der Waals surface area (Å²) < 4.78 is 5.71. The summed E-state index contributed by atoms with van der Waals surface area (Å²) in [6.45, 7) is 5.50. The number of allylic oxidation sites excluding steroid dienone is 4. The lowest BCUT2D eigenvalue weighted by Crippen LogP contribution is -2.80. The van der Waals surface area contributed by atoms with Crippen LogP contribution >= 0.6 is 0 Å². The molecule has 4 aliphatic rings. The summed E-state index contributed by atoms with van der Waals surface area (Å²) in [7, 11) is 0. The first-order valence-corrected chi connectivity index (χ1v) is 9.42. The maximum atomic E-state index is 13.4. The van der Waals surface area contributed by atoms with E-state index in [1.807, 2.05) is 0 Å². The quantitative estimate of drug-likeness (QED) is 0.244. The van der Waals surface area contributed by atoms with Crippen LogP contribution in [0.5, 0.6) is 0 Å². The minimum atomic E-state index is -2.05. The van der Waals surface area contributed by atoms with Crippen molar-refractivity contribution in [2.75, 3.05) is 13.2 Å². The van der Waals surface area contributed by atoms with Crippen LogP contribution in [0.15, 0.2) is 35.6 Å². The van der Waals surface area contributed by atoms with E-state index in [0.29, 0.717) is 0 Å². The number of ether oxygens (including phenoxy) is 1. The maximum Gasteiger partial charge on any atom is 0.178 e. The summed E-state index contributed by atoms with van der Waals surface area (Å²) >= 11 is 0. The van der Waals surface area contributed by atoms with E-state index in [2.05, 4.69) is 0 Å². The number of aliphatic hydroxyl groups is 4. The molecule has 7 heteroatoms. The highest BCUT2D eigenvalue weighted by molar-refractivity contribution is 6.22. The van der Waals surface area contributed by atoms with Crippen molar-refractivity contribution in [2.24, 2.45) is 17.3 Å². The molecule has 0 aromatic carbocycles. The van der Waals surface area contributed by atoms with E-state index in [1.165, 1.54) is 26.0 Å². The molecule has 1 unspecified atom stereocenters. The normalized spacial score (nSPS) is 47.8. The van der Waals surface area contributed by atoms with Gasteiger partial charge in [-0.05, 0) is 40.2 Å². The molecule has 4 fully saturated rings. The van der Waals surface area contributed by atoms with Crippen LogP contribution in [0.25, 0.3) is 0 Å². The van der Waals surface area contributed by atoms with Crippen LogP contribution in [-0.2, 0) is 14.3 Å². The fourth-order valence-corrected chi connectivity index (χ4v) is 5.27. The summed E-state index contributed by atoms with van der Waals surface area (Å²) in [5.41, 5.74) is -6.72. The van der Waals surface area contributed by atoms with Gasteiger partial charge in [-0.3, -0.25) is 9.59 Å². The zero-order valence-corrected chi connectivity index (χ0v) is 16.6. The Bertz CT molecular complexity index is 808. The molecule has 3 aliphatic carbocycles. The molecule has 2 bridgehead atoms. The Labute approximate surface area is 164 Å². The summed E-state index contributed by atoms with van der Waals surface area (Å²) in [5.74, 6) is -3.87. The van der Waals surface area contributed by atoms with Gasteiger partial charge in [0.05, 0.1) is 30.1 Å². The fourth-order valence-electron chi connectivity index (χ4n) is 5.27. The number of aliphatic hydroxyl groups excluding tert-OH is 2. The fraction of sp³-hybridized carbons (Fsp3) is 0.619. The Morgan fingerprint density at radius 3 is 2.43 bits per heavy atom. The standard InChI is InChI=1S/C21H28O7/c1-5-6-7-8-12(23)14-15-20(4,26)17(25)19(3,16(14)24)13-9-18(2,10-22)28-11-21(13,15)27/h5-8,13,15,22-23,26-27H,9-11H2,1-4H3/b6-5+,8-7+,14-12-/t13-,15+,18+,19-,20?,21-/m1/s1. The predicted molar refractivity (Wildman–Crippen MR) is 100 cm³/mol. The van der Waals surface area contributed by atoms with Crippen LogP contribution < -0.4 is 0 Å². The lowest BCUT2D eigenvalue weighted by Gasteiger charge is -2.65. The minimum absolute atomic E-state index is 0.0724. The van der Waals surface area contributed by atoms with Gasteiger partial charge in [-0.2, -0.15) is 0 Å². The largest absolute Gasteiger partial charge is 0.508 e. The molecule has 154 valence electrons. The maximum absolute atomic E-state index is 13.4. The molecule has 1 saturated heterocycles. The molecule has 28 heavy (non-hydrogen) atoms. The second-order valence-corrected chi connectivity index (χ2v) is 8.77. The van der Waals surface area contributed by atoms with Gasteiger partial charge in [-0.15, -0.1) is 0 Å². The van der Waals surface area contributed by atoms with Gasteiger partial charge < -0.3 is 25.2 Å². The van der Waals surface area contributed by atoms with Crippen LogP contribution in [0.3, 0.4) is 0 Å². The second kappa shape index (κ2) is 6.35. The Morgan fingerprint density at radius 2 is 1.86 bits per heavy atom. The van der Waals surface area contributed by atoms with Gasteiger partial charge in [0.25, 0.3) is 0 Å². The third kappa shape index (κ3) is 2.50. The summed E-state index contributed by atoms with van der Waals surface area (Å²) in [4.78, 5) is 26.5. The Morgan fingerprint density at radius 1 is 1.21 bits per heavy atom. The van der Waals surface area contributed by atoms with Crippen LogP contribution in [0.1, 0.15) is 34.1 Å². The van der Waals surface area contributed by atoms with Crippen molar-refractivity contribution >= 4 is 11.6 Å². The van der Waals surface area contributed by atoms with Gasteiger partial charge >= 0.3 is 0 Å². The molecule has 0 radical (unpaired) electrons. The number of Topliss-reactive ketones (excluding diaryl/α,β-unsaturated/α-hetero) is 2. The molecule has 0 spiro atoms. The lowest BCUT2D eigenvalue weighted by atomic mass is 9.40. The number of fused-ring (bicyclic) bond motifs is 2. The first-order valence-electron chi connectivity index (χ1n) is 9.42. The summed E-state index contributed by atoms with van der Waals surface area (Å²) in [5, 5.41) is 42.9. The Hall–Kier alpha value is -1.80. The molecule has 0 amide bonds. The second-order valence-electron chi connectivity index (χ2n) is 8.77. The molecule has 4 N–H and O–H groups in total. The van der Waals surface area contributed by atoms with E-state index in [1.54, 1.807) is 26.0 Å². The van der Waals surface area contributed by atoms with E-state index in [-0.39, 0.29) is 25.2 Å². The number of carbonyl (C=O) groups excluding carboxylic acids is 2. The molecule has 6 atom stereocenters. The van der Waals surface area contributed by atoms with E-state index in [9.17, 15) is 30.0 Å². The van der Waals surface area contributed by atoms with Crippen molar-refractivity contribution in [3.05, 3.63) is 35.6 Å². The summed E-state index contributed by atoms with van der Waals surface area (Å²) in [6, 6.07) is 0. The van der Waals surface area contributed by atoms with E-state index < -0.39 is 51.4 Å². The molecule has 1 heterocycles. The van der Waals surface area contributed by atoms with Crippen molar-refractivity contribution in [1.82, 2.24) is 0 Å². The number of carbonyl (C=O) groups is 2. The van der Waals surface area contributed by atoms with Crippen molar-refractivity contribution in [3.8, 4) is 0 Å².